The number of hydroxylamine groups is 1. The molecule has 110 valence electrons. The number of amides is 2. The van der Waals surface area contributed by atoms with Crippen molar-refractivity contribution in [3.05, 3.63) is 34.3 Å². The summed E-state index contributed by atoms with van der Waals surface area (Å²) in [5, 5.41) is 11.4. The molecule has 3 N–H and O–H groups in total. The van der Waals surface area contributed by atoms with Gasteiger partial charge in [-0.05, 0) is 17.7 Å². The Kier molecular flexibility index (Phi) is 5.71. The molecule has 0 saturated carbocycles. The second kappa shape index (κ2) is 6.85. The van der Waals surface area contributed by atoms with Gasteiger partial charge in [0.15, 0.2) is 0 Å². The SMILES string of the molecule is CC(C)(C)C(=O)NC(Cc1ccc(Br)cc1)C(=O)NO. The van der Waals surface area contributed by atoms with Crippen LogP contribution in [0.5, 0.6) is 0 Å². The molecule has 0 heterocycles. The molecule has 0 saturated heterocycles. The Hall–Kier alpha value is -1.40. The van der Waals surface area contributed by atoms with Gasteiger partial charge in [0.1, 0.15) is 6.04 Å². The predicted octanol–water partition coefficient (Wildman–Crippen LogP) is 2.03. The molecule has 6 heteroatoms. The topological polar surface area (TPSA) is 78.4 Å². The number of carbonyl (C=O) groups excluding carboxylic acids is 2. The van der Waals surface area contributed by atoms with Gasteiger partial charge in [0.25, 0.3) is 5.91 Å². The molecule has 0 aliphatic carbocycles. The van der Waals surface area contributed by atoms with Crippen LogP contribution >= 0.6 is 15.9 Å². The Morgan fingerprint density at radius 1 is 1.25 bits per heavy atom. The van der Waals surface area contributed by atoms with Gasteiger partial charge in [-0.1, -0.05) is 48.8 Å². The average Bonchev–Trinajstić information content (AvgIpc) is 2.38. The molecule has 0 aliphatic rings. The molecule has 20 heavy (non-hydrogen) atoms. The number of rotatable bonds is 4. The zero-order chi connectivity index (χ0) is 15.3. The van der Waals surface area contributed by atoms with Crippen molar-refractivity contribution in [1.29, 1.82) is 0 Å². The largest absolute Gasteiger partial charge is 0.343 e. The van der Waals surface area contributed by atoms with Crippen LogP contribution in [0, 0.1) is 5.41 Å². The zero-order valence-corrected chi connectivity index (χ0v) is 13.3. The summed E-state index contributed by atoms with van der Waals surface area (Å²) < 4.78 is 0.933. The number of hydrogen-bond acceptors (Lipinski definition) is 3. The molecule has 0 aromatic heterocycles. The van der Waals surface area contributed by atoms with E-state index in [9.17, 15) is 9.59 Å². The van der Waals surface area contributed by atoms with Crippen molar-refractivity contribution in [3.63, 3.8) is 0 Å². The standard InChI is InChI=1S/C14H19BrN2O3/c1-14(2,3)13(19)16-11(12(18)17-20)8-9-4-6-10(15)7-5-9/h4-7,11,20H,8H2,1-3H3,(H,16,19)(H,17,18). The molecule has 1 aromatic carbocycles. The van der Waals surface area contributed by atoms with Crippen LogP contribution in [0.15, 0.2) is 28.7 Å². The van der Waals surface area contributed by atoms with E-state index >= 15 is 0 Å². The third-order valence-electron chi connectivity index (χ3n) is 2.77. The summed E-state index contributed by atoms with van der Waals surface area (Å²) >= 11 is 3.33. The maximum absolute atomic E-state index is 12.0. The van der Waals surface area contributed by atoms with E-state index in [4.69, 9.17) is 5.21 Å². The zero-order valence-electron chi connectivity index (χ0n) is 11.7. The van der Waals surface area contributed by atoms with Gasteiger partial charge in [0.2, 0.25) is 5.91 Å². The maximum atomic E-state index is 12.0. The number of carbonyl (C=O) groups is 2. The van der Waals surface area contributed by atoms with Crippen molar-refractivity contribution < 1.29 is 14.8 Å². The minimum atomic E-state index is -0.812. The van der Waals surface area contributed by atoms with E-state index in [0.717, 1.165) is 10.0 Å². The molecule has 1 aromatic rings. The molecule has 0 bridgehead atoms. The number of halogens is 1. The molecule has 0 aliphatic heterocycles. The second-order valence-corrected chi connectivity index (χ2v) is 6.50. The van der Waals surface area contributed by atoms with Crippen molar-refractivity contribution in [1.82, 2.24) is 10.8 Å². The van der Waals surface area contributed by atoms with E-state index < -0.39 is 17.4 Å². The van der Waals surface area contributed by atoms with Crippen LogP contribution in [0.4, 0.5) is 0 Å². The molecule has 5 nitrogen and oxygen atoms in total. The van der Waals surface area contributed by atoms with Gasteiger partial charge in [-0.2, -0.15) is 0 Å². The molecule has 0 spiro atoms. The molecule has 0 radical (unpaired) electrons. The van der Waals surface area contributed by atoms with E-state index in [1.807, 2.05) is 24.3 Å². The lowest BCUT2D eigenvalue weighted by molar-refractivity contribution is -0.137. The summed E-state index contributed by atoms with van der Waals surface area (Å²) in [7, 11) is 0. The molecular formula is C14H19BrN2O3. The number of nitrogens with one attached hydrogen (secondary N) is 2. The Balaban J connectivity index is 2.82. The third-order valence-corrected chi connectivity index (χ3v) is 3.29. The van der Waals surface area contributed by atoms with Crippen LogP contribution in [0.2, 0.25) is 0 Å². The summed E-state index contributed by atoms with van der Waals surface area (Å²) in [5.74, 6) is -0.881. The van der Waals surface area contributed by atoms with E-state index in [2.05, 4.69) is 21.2 Å². The highest BCUT2D eigenvalue weighted by molar-refractivity contribution is 9.10. The summed E-state index contributed by atoms with van der Waals surface area (Å²) in [4.78, 5) is 23.6. The monoisotopic (exact) mass is 342 g/mol. The van der Waals surface area contributed by atoms with E-state index in [1.54, 1.807) is 26.3 Å². The Bertz CT molecular complexity index is 480. The van der Waals surface area contributed by atoms with E-state index in [1.165, 1.54) is 0 Å². The van der Waals surface area contributed by atoms with Gasteiger partial charge in [-0.3, -0.25) is 14.8 Å². The Morgan fingerprint density at radius 3 is 2.25 bits per heavy atom. The Morgan fingerprint density at radius 2 is 1.80 bits per heavy atom. The van der Waals surface area contributed by atoms with E-state index in [-0.39, 0.29) is 5.91 Å². The van der Waals surface area contributed by atoms with Crippen molar-refractivity contribution in [2.24, 2.45) is 5.41 Å². The van der Waals surface area contributed by atoms with Crippen molar-refractivity contribution in [2.75, 3.05) is 0 Å². The van der Waals surface area contributed by atoms with Crippen LogP contribution in [0.25, 0.3) is 0 Å². The Labute approximate surface area is 126 Å². The molecule has 1 rings (SSSR count). The fourth-order valence-electron chi connectivity index (χ4n) is 1.52. The first-order valence-corrected chi connectivity index (χ1v) is 7.02. The van der Waals surface area contributed by atoms with Gasteiger partial charge in [0, 0.05) is 16.3 Å². The van der Waals surface area contributed by atoms with Crippen molar-refractivity contribution >= 4 is 27.7 Å². The number of benzene rings is 1. The molecular weight excluding hydrogens is 324 g/mol. The first-order chi connectivity index (χ1) is 9.24. The minimum Gasteiger partial charge on any atom is -0.343 e. The quantitative estimate of drug-likeness (QED) is 0.578. The predicted molar refractivity (Wildman–Crippen MR) is 79.2 cm³/mol. The van der Waals surface area contributed by atoms with Crippen LogP contribution < -0.4 is 10.8 Å². The first-order valence-electron chi connectivity index (χ1n) is 6.23. The summed E-state index contributed by atoms with van der Waals surface area (Å²) in [6.07, 6.45) is 0.307. The van der Waals surface area contributed by atoms with Gasteiger partial charge < -0.3 is 5.32 Å². The first kappa shape index (κ1) is 16.7. The maximum Gasteiger partial charge on any atom is 0.266 e. The summed E-state index contributed by atoms with van der Waals surface area (Å²) in [6, 6.07) is 6.60. The van der Waals surface area contributed by atoms with Gasteiger partial charge >= 0.3 is 0 Å². The lowest BCUT2D eigenvalue weighted by atomic mass is 9.94. The molecule has 1 unspecified atom stereocenters. The molecule has 0 fully saturated rings. The van der Waals surface area contributed by atoms with Crippen molar-refractivity contribution in [2.45, 2.75) is 33.2 Å². The smallest absolute Gasteiger partial charge is 0.266 e. The van der Waals surface area contributed by atoms with Crippen molar-refractivity contribution in [3.8, 4) is 0 Å². The minimum absolute atomic E-state index is 0.247. The average molecular weight is 343 g/mol. The summed E-state index contributed by atoms with van der Waals surface area (Å²) in [5.41, 5.74) is 1.87. The van der Waals surface area contributed by atoms with Crippen LogP contribution in [0.1, 0.15) is 26.3 Å². The normalized spacial score (nSPS) is 12.7. The van der Waals surface area contributed by atoms with E-state index in [0.29, 0.717) is 6.42 Å². The number of hydrogen-bond donors (Lipinski definition) is 3. The highest BCUT2D eigenvalue weighted by Gasteiger charge is 2.27. The second-order valence-electron chi connectivity index (χ2n) is 5.58. The molecule has 2 amide bonds. The lowest BCUT2D eigenvalue weighted by Crippen LogP contribution is -2.50. The highest BCUT2D eigenvalue weighted by Crippen LogP contribution is 2.15. The third kappa shape index (κ3) is 4.94. The summed E-state index contributed by atoms with van der Waals surface area (Å²) in [6.45, 7) is 5.28. The van der Waals surface area contributed by atoms with Gasteiger partial charge in [-0.25, -0.2) is 5.48 Å². The lowest BCUT2D eigenvalue weighted by Gasteiger charge is -2.23. The fourth-order valence-corrected chi connectivity index (χ4v) is 1.78. The molecule has 1 atom stereocenters. The van der Waals surface area contributed by atoms with Gasteiger partial charge in [-0.15, -0.1) is 0 Å². The fraction of sp³-hybridized carbons (Fsp3) is 0.429. The van der Waals surface area contributed by atoms with Crippen LogP contribution in [-0.2, 0) is 16.0 Å². The van der Waals surface area contributed by atoms with Crippen LogP contribution in [-0.4, -0.2) is 23.1 Å². The van der Waals surface area contributed by atoms with Crippen LogP contribution in [0.3, 0.4) is 0 Å². The highest BCUT2D eigenvalue weighted by atomic mass is 79.9. The van der Waals surface area contributed by atoms with Gasteiger partial charge in [0.05, 0.1) is 0 Å².